The van der Waals surface area contributed by atoms with Gasteiger partial charge in [0.25, 0.3) is 0 Å². The van der Waals surface area contributed by atoms with E-state index in [4.69, 9.17) is 0 Å². The number of benzene rings is 1. The Hall–Kier alpha value is 0.140. The van der Waals surface area contributed by atoms with Gasteiger partial charge in [0.1, 0.15) is 0 Å². The van der Waals surface area contributed by atoms with Crippen molar-refractivity contribution >= 4 is 31.9 Å². The van der Waals surface area contributed by atoms with Crippen LogP contribution in [0.4, 0.5) is 0 Å². The summed E-state index contributed by atoms with van der Waals surface area (Å²) in [6, 6.07) is 8.30. The summed E-state index contributed by atoms with van der Waals surface area (Å²) >= 11 is 6.99. The van der Waals surface area contributed by atoms with Gasteiger partial charge in [0, 0.05) is 4.47 Å². The molecule has 0 aliphatic rings. The van der Waals surface area contributed by atoms with Crippen LogP contribution in [0.15, 0.2) is 28.7 Å². The van der Waals surface area contributed by atoms with Crippen molar-refractivity contribution in [2.75, 3.05) is 14.1 Å². The standard InChI is InChI=1S/C9H11Br2N/c1-12(2)9(11)7-3-5-8(10)6-4-7/h3-6,9H,1-2H3. The van der Waals surface area contributed by atoms with Gasteiger partial charge in [-0.1, -0.05) is 44.0 Å². The van der Waals surface area contributed by atoms with E-state index in [0.717, 1.165) is 4.47 Å². The van der Waals surface area contributed by atoms with Gasteiger partial charge >= 0.3 is 0 Å². The van der Waals surface area contributed by atoms with Crippen LogP contribution in [-0.2, 0) is 0 Å². The van der Waals surface area contributed by atoms with Crippen molar-refractivity contribution in [2.24, 2.45) is 0 Å². The van der Waals surface area contributed by atoms with E-state index in [2.05, 4.69) is 48.9 Å². The molecule has 0 bridgehead atoms. The molecular formula is C9H11Br2N. The maximum absolute atomic E-state index is 3.59. The molecule has 0 radical (unpaired) electrons. The molecule has 0 heterocycles. The summed E-state index contributed by atoms with van der Waals surface area (Å²) in [6.07, 6.45) is 0. The Kier molecular flexibility index (Phi) is 3.75. The zero-order chi connectivity index (χ0) is 9.14. The molecule has 1 aromatic carbocycles. The minimum Gasteiger partial charge on any atom is -0.293 e. The van der Waals surface area contributed by atoms with Gasteiger partial charge in [-0.2, -0.15) is 0 Å². The molecule has 0 aliphatic carbocycles. The Morgan fingerprint density at radius 3 is 2.08 bits per heavy atom. The number of alkyl halides is 1. The normalized spacial score (nSPS) is 13.4. The zero-order valence-corrected chi connectivity index (χ0v) is 10.3. The van der Waals surface area contributed by atoms with Crippen LogP contribution in [0.3, 0.4) is 0 Å². The van der Waals surface area contributed by atoms with Crippen LogP contribution in [0.5, 0.6) is 0 Å². The molecule has 1 rings (SSSR count). The molecule has 0 saturated carbocycles. The van der Waals surface area contributed by atoms with Crippen molar-refractivity contribution in [1.29, 1.82) is 0 Å². The van der Waals surface area contributed by atoms with Crippen LogP contribution >= 0.6 is 31.9 Å². The van der Waals surface area contributed by atoms with Crippen LogP contribution < -0.4 is 0 Å². The summed E-state index contributed by atoms with van der Waals surface area (Å²) in [5.41, 5.74) is 1.27. The van der Waals surface area contributed by atoms with Gasteiger partial charge in [0.2, 0.25) is 0 Å². The van der Waals surface area contributed by atoms with Gasteiger partial charge in [-0.3, -0.25) is 4.90 Å². The van der Waals surface area contributed by atoms with E-state index in [-0.39, 0.29) is 0 Å². The second-order valence-electron chi connectivity index (χ2n) is 2.85. The first-order chi connectivity index (χ1) is 5.61. The van der Waals surface area contributed by atoms with Crippen molar-refractivity contribution < 1.29 is 0 Å². The van der Waals surface area contributed by atoms with Crippen molar-refractivity contribution in [3.05, 3.63) is 34.3 Å². The van der Waals surface area contributed by atoms with Gasteiger partial charge < -0.3 is 0 Å². The number of halogens is 2. The van der Waals surface area contributed by atoms with E-state index in [1.165, 1.54) is 5.56 Å². The van der Waals surface area contributed by atoms with E-state index in [1.807, 2.05) is 26.2 Å². The summed E-state index contributed by atoms with van der Waals surface area (Å²) in [6.45, 7) is 0. The molecule has 0 fully saturated rings. The van der Waals surface area contributed by atoms with Crippen LogP contribution in [0.25, 0.3) is 0 Å². The first-order valence-corrected chi connectivity index (χ1v) is 5.38. The molecule has 3 heteroatoms. The summed E-state index contributed by atoms with van der Waals surface area (Å²) in [4.78, 5) is 2.41. The van der Waals surface area contributed by atoms with Crippen molar-refractivity contribution in [1.82, 2.24) is 4.90 Å². The lowest BCUT2D eigenvalue weighted by atomic mass is 10.2. The first-order valence-electron chi connectivity index (χ1n) is 3.67. The number of rotatable bonds is 2. The quantitative estimate of drug-likeness (QED) is 0.596. The average Bonchev–Trinajstić information content (AvgIpc) is 2.04. The van der Waals surface area contributed by atoms with Crippen LogP contribution in [0, 0.1) is 0 Å². The lowest BCUT2D eigenvalue weighted by molar-refractivity contribution is 0.398. The topological polar surface area (TPSA) is 3.24 Å². The third-order valence-corrected chi connectivity index (χ3v) is 3.47. The van der Waals surface area contributed by atoms with E-state index < -0.39 is 0 Å². The fourth-order valence-electron chi connectivity index (χ4n) is 0.920. The lowest BCUT2D eigenvalue weighted by Crippen LogP contribution is -2.13. The minimum absolute atomic E-state index is 0.297. The minimum atomic E-state index is 0.297. The monoisotopic (exact) mass is 291 g/mol. The highest BCUT2D eigenvalue weighted by atomic mass is 79.9. The van der Waals surface area contributed by atoms with Gasteiger partial charge in [-0.25, -0.2) is 0 Å². The molecule has 1 atom stereocenters. The molecular weight excluding hydrogens is 282 g/mol. The second kappa shape index (κ2) is 4.40. The maximum Gasteiger partial charge on any atom is 0.0906 e. The highest BCUT2D eigenvalue weighted by Gasteiger charge is 2.07. The Balaban J connectivity index is 2.82. The maximum atomic E-state index is 3.59. The number of hydrogen-bond acceptors (Lipinski definition) is 1. The molecule has 1 aromatic rings. The second-order valence-corrected chi connectivity index (χ2v) is 4.63. The molecule has 0 saturated heterocycles. The first kappa shape index (κ1) is 10.2. The highest BCUT2D eigenvalue weighted by molar-refractivity contribution is 9.10. The van der Waals surface area contributed by atoms with Crippen LogP contribution in [0.1, 0.15) is 10.5 Å². The number of hydrogen-bond donors (Lipinski definition) is 0. The van der Waals surface area contributed by atoms with E-state index in [0.29, 0.717) is 4.95 Å². The number of nitrogens with zero attached hydrogens (tertiary/aromatic N) is 1. The van der Waals surface area contributed by atoms with Crippen LogP contribution in [-0.4, -0.2) is 19.0 Å². The summed E-state index contributed by atoms with van der Waals surface area (Å²) in [5.74, 6) is 0. The van der Waals surface area contributed by atoms with E-state index in [1.54, 1.807) is 0 Å². The Bertz CT molecular complexity index is 243. The Labute approximate surface area is 90.0 Å². The average molecular weight is 293 g/mol. The van der Waals surface area contributed by atoms with Crippen molar-refractivity contribution in [2.45, 2.75) is 4.95 Å². The molecule has 66 valence electrons. The molecule has 0 aromatic heterocycles. The third-order valence-electron chi connectivity index (χ3n) is 1.60. The SMILES string of the molecule is CN(C)C(Br)c1ccc(Br)cc1. The van der Waals surface area contributed by atoms with Crippen molar-refractivity contribution in [3.63, 3.8) is 0 Å². The molecule has 0 spiro atoms. The molecule has 0 aliphatic heterocycles. The molecule has 1 nitrogen and oxygen atoms in total. The Morgan fingerprint density at radius 1 is 1.17 bits per heavy atom. The van der Waals surface area contributed by atoms with Gasteiger partial charge in [0.15, 0.2) is 0 Å². The van der Waals surface area contributed by atoms with Crippen LogP contribution in [0.2, 0.25) is 0 Å². The fraction of sp³-hybridized carbons (Fsp3) is 0.333. The molecule has 0 amide bonds. The Morgan fingerprint density at radius 2 is 1.67 bits per heavy atom. The zero-order valence-electron chi connectivity index (χ0n) is 7.09. The summed E-state index contributed by atoms with van der Waals surface area (Å²) < 4.78 is 1.12. The summed E-state index contributed by atoms with van der Waals surface area (Å²) in [5, 5.41) is 0. The van der Waals surface area contributed by atoms with Gasteiger partial charge in [0.05, 0.1) is 4.95 Å². The van der Waals surface area contributed by atoms with E-state index >= 15 is 0 Å². The predicted octanol–water partition coefficient (Wildman–Crippen LogP) is 3.40. The summed E-state index contributed by atoms with van der Waals surface area (Å²) in [7, 11) is 4.09. The fourth-order valence-corrected chi connectivity index (χ4v) is 1.49. The largest absolute Gasteiger partial charge is 0.293 e. The smallest absolute Gasteiger partial charge is 0.0906 e. The third kappa shape index (κ3) is 2.57. The van der Waals surface area contributed by atoms with Gasteiger partial charge in [-0.15, -0.1) is 0 Å². The van der Waals surface area contributed by atoms with E-state index in [9.17, 15) is 0 Å². The lowest BCUT2D eigenvalue weighted by Gasteiger charge is -2.17. The highest BCUT2D eigenvalue weighted by Crippen LogP contribution is 2.25. The van der Waals surface area contributed by atoms with Crippen molar-refractivity contribution in [3.8, 4) is 0 Å². The predicted molar refractivity (Wildman–Crippen MR) is 59.5 cm³/mol. The molecule has 12 heavy (non-hydrogen) atoms. The molecule has 0 N–H and O–H groups in total. The van der Waals surface area contributed by atoms with Gasteiger partial charge in [-0.05, 0) is 31.8 Å². The molecule has 1 unspecified atom stereocenters.